The Bertz CT molecular complexity index is 415. The van der Waals surface area contributed by atoms with Gasteiger partial charge in [-0.3, -0.25) is 9.59 Å². The summed E-state index contributed by atoms with van der Waals surface area (Å²) < 4.78 is 0. The average molecular weight is 190 g/mol. The van der Waals surface area contributed by atoms with Gasteiger partial charge >= 0.3 is 0 Å². The van der Waals surface area contributed by atoms with Crippen LogP contribution >= 0.6 is 0 Å². The number of terminal acetylenes is 1. The fourth-order valence-corrected chi connectivity index (χ4v) is 0.944. The molecule has 0 unspecified atom stereocenters. The molecule has 4 nitrogen and oxygen atoms in total. The molecule has 0 radical (unpaired) electrons. The number of hydrogen-bond acceptors (Lipinski definition) is 2. The van der Waals surface area contributed by atoms with E-state index in [9.17, 15) is 9.59 Å². The van der Waals surface area contributed by atoms with Gasteiger partial charge in [0.2, 0.25) is 0 Å². The van der Waals surface area contributed by atoms with Crippen molar-refractivity contribution in [3.8, 4) is 12.3 Å². The molecule has 2 N–H and O–H groups in total. The molecule has 1 aromatic heterocycles. The van der Waals surface area contributed by atoms with Crippen LogP contribution in [0.5, 0.6) is 0 Å². The van der Waals surface area contributed by atoms with Crippen molar-refractivity contribution in [1.29, 1.82) is 0 Å². The lowest BCUT2D eigenvalue weighted by molar-refractivity contribution is 0.0953. The summed E-state index contributed by atoms with van der Waals surface area (Å²) in [7, 11) is 0. The van der Waals surface area contributed by atoms with Crippen LogP contribution in [0.25, 0.3) is 0 Å². The topological polar surface area (TPSA) is 62.0 Å². The quantitative estimate of drug-likeness (QED) is 0.525. The second-order valence-electron chi connectivity index (χ2n) is 2.62. The molecule has 1 rings (SSSR count). The zero-order valence-corrected chi connectivity index (χ0v) is 7.54. The normalized spacial score (nSPS) is 9.07. The predicted molar refractivity (Wildman–Crippen MR) is 52.8 cm³/mol. The molecular weight excluding hydrogens is 180 g/mol. The zero-order valence-electron chi connectivity index (χ0n) is 7.54. The van der Waals surface area contributed by atoms with Crippen LogP contribution in [0.15, 0.2) is 23.1 Å². The summed E-state index contributed by atoms with van der Waals surface area (Å²) in [6.07, 6.45) is 6.94. The molecule has 0 spiro atoms. The van der Waals surface area contributed by atoms with Gasteiger partial charge in [-0.1, -0.05) is 0 Å². The monoisotopic (exact) mass is 190 g/mol. The lowest BCUT2D eigenvalue weighted by Gasteiger charge is -2.00. The molecule has 4 heteroatoms. The van der Waals surface area contributed by atoms with Crippen molar-refractivity contribution in [2.45, 2.75) is 6.42 Å². The third kappa shape index (κ3) is 2.49. The standard InChI is InChI=1S/C10H10N2O2/c1-2-3-6-11-9(13)8-5-4-7-12-10(8)14/h1,4-5,7H,3,6H2,(H,11,13)(H,12,14). The number of carbonyl (C=O) groups excluding carboxylic acids is 1. The van der Waals surface area contributed by atoms with E-state index in [4.69, 9.17) is 6.42 Å². The smallest absolute Gasteiger partial charge is 0.260 e. The number of pyridine rings is 1. The van der Waals surface area contributed by atoms with Crippen molar-refractivity contribution in [2.24, 2.45) is 0 Å². The van der Waals surface area contributed by atoms with Crippen LogP contribution in [-0.2, 0) is 0 Å². The van der Waals surface area contributed by atoms with Crippen LogP contribution in [0.1, 0.15) is 16.8 Å². The molecule has 0 aliphatic rings. The second-order valence-corrected chi connectivity index (χ2v) is 2.62. The summed E-state index contributed by atoms with van der Waals surface area (Å²) >= 11 is 0. The summed E-state index contributed by atoms with van der Waals surface area (Å²) in [5.74, 6) is 1.99. The first-order chi connectivity index (χ1) is 6.75. The van der Waals surface area contributed by atoms with E-state index in [2.05, 4.69) is 16.2 Å². The molecule has 1 heterocycles. The number of hydrogen-bond donors (Lipinski definition) is 2. The van der Waals surface area contributed by atoms with E-state index < -0.39 is 11.5 Å². The van der Waals surface area contributed by atoms with Gasteiger partial charge in [0.1, 0.15) is 5.56 Å². The molecule has 14 heavy (non-hydrogen) atoms. The highest BCUT2D eigenvalue weighted by Gasteiger charge is 2.07. The number of amides is 1. The first-order valence-electron chi connectivity index (χ1n) is 4.15. The van der Waals surface area contributed by atoms with Gasteiger partial charge in [-0.25, -0.2) is 0 Å². The van der Waals surface area contributed by atoms with Crippen molar-refractivity contribution in [3.63, 3.8) is 0 Å². The van der Waals surface area contributed by atoms with Crippen molar-refractivity contribution < 1.29 is 4.79 Å². The lowest BCUT2D eigenvalue weighted by Crippen LogP contribution is -2.29. The van der Waals surface area contributed by atoms with Gasteiger partial charge in [0, 0.05) is 19.2 Å². The van der Waals surface area contributed by atoms with Crippen molar-refractivity contribution in [2.75, 3.05) is 6.54 Å². The van der Waals surface area contributed by atoms with Crippen molar-refractivity contribution in [3.05, 3.63) is 34.2 Å². The van der Waals surface area contributed by atoms with Crippen molar-refractivity contribution >= 4 is 5.91 Å². The predicted octanol–water partition coefficient (Wildman–Crippen LogP) is 0.128. The number of aromatic nitrogens is 1. The fraction of sp³-hybridized carbons (Fsp3) is 0.200. The van der Waals surface area contributed by atoms with Crippen LogP contribution in [0, 0.1) is 12.3 Å². The first kappa shape index (κ1) is 10.1. The van der Waals surface area contributed by atoms with Gasteiger partial charge in [0.05, 0.1) is 0 Å². The van der Waals surface area contributed by atoms with Gasteiger partial charge in [-0.05, 0) is 12.1 Å². The summed E-state index contributed by atoms with van der Waals surface area (Å²) in [6.45, 7) is 0.379. The van der Waals surface area contributed by atoms with Crippen LogP contribution in [0.3, 0.4) is 0 Å². The largest absolute Gasteiger partial charge is 0.351 e. The number of carbonyl (C=O) groups is 1. The minimum Gasteiger partial charge on any atom is -0.351 e. The molecule has 0 aliphatic carbocycles. The Morgan fingerprint density at radius 3 is 3.07 bits per heavy atom. The molecule has 1 amide bonds. The summed E-state index contributed by atoms with van der Waals surface area (Å²) in [5.41, 5.74) is -0.296. The van der Waals surface area contributed by atoms with E-state index in [1.54, 1.807) is 6.07 Å². The maximum Gasteiger partial charge on any atom is 0.260 e. The number of nitrogens with one attached hydrogen (secondary N) is 2. The Morgan fingerprint density at radius 2 is 2.43 bits per heavy atom. The molecular formula is C10H10N2O2. The SMILES string of the molecule is C#CCCNC(=O)c1ccc[nH]c1=O. The van der Waals surface area contributed by atoms with Crippen LogP contribution in [0.2, 0.25) is 0 Å². The Balaban J connectivity index is 2.67. The molecule has 0 bridgehead atoms. The number of H-pyrrole nitrogens is 1. The third-order valence-electron chi connectivity index (χ3n) is 1.62. The second kappa shape index (κ2) is 4.87. The van der Waals surface area contributed by atoms with Gasteiger partial charge in [0.25, 0.3) is 11.5 Å². The maximum atomic E-state index is 11.3. The molecule has 0 saturated carbocycles. The molecule has 0 aliphatic heterocycles. The summed E-state index contributed by atoms with van der Waals surface area (Å²) in [6, 6.07) is 3.06. The average Bonchev–Trinajstić information content (AvgIpc) is 2.18. The molecule has 0 atom stereocenters. The number of aromatic amines is 1. The van der Waals surface area contributed by atoms with E-state index in [1.165, 1.54) is 12.3 Å². The van der Waals surface area contributed by atoms with Crippen LogP contribution < -0.4 is 10.9 Å². The first-order valence-corrected chi connectivity index (χ1v) is 4.15. The van der Waals surface area contributed by atoms with E-state index in [0.29, 0.717) is 13.0 Å². The Kier molecular flexibility index (Phi) is 3.50. The third-order valence-corrected chi connectivity index (χ3v) is 1.62. The van der Waals surface area contributed by atoms with Gasteiger partial charge < -0.3 is 10.3 Å². The van der Waals surface area contributed by atoms with Gasteiger partial charge in [-0.15, -0.1) is 12.3 Å². The van der Waals surface area contributed by atoms with E-state index in [-0.39, 0.29) is 5.56 Å². The minimum absolute atomic E-state index is 0.101. The van der Waals surface area contributed by atoms with E-state index in [1.807, 2.05) is 0 Å². The highest BCUT2D eigenvalue weighted by atomic mass is 16.2. The highest BCUT2D eigenvalue weighted by Crippen LogP contribution is 1.88. The molecule has 0 fully saturated rings. The summed E-state index contributed by atoms with van der Waals surface area (Å²) in [4.78, 5) is 24.9. The van der Waals surface area contributed by atoms with Crippen LogP contribution in [-0.4, -0.2) is 17.4 Å². The number of rotatable bonds is 3. The fourth-order valence-electron chi connectivity index (χ4n) is 0.944. The molecule has 0 aromatic carbocycles. The minimum atomic E-state index is -0.401. The van der Waals surface area contributed by atoms with Gasteiger partial charge in [0.15, 0.2) is 0 Å². The van der Waals surface area contributed by atoms with Gasteiger partial charge in [-0.2, -0.15) is 0 Å². The van der Waals surface area contributed by atoms with Crippen LogP contribution in [0.4, 0.5) is 0 Å². The Hall–Kier alpha value is -2.02. The molecule has 72 valence electrons. The maximum absolute atomic E-state index is 11.3. The van der Waals surface area contributed by atoms with Crippen molar-refractivity contribution in [1.82, 2.24) is 10.3 Å². The van der Waals surface area contributed by atoms with E-state index >= 15 is 0 Å². The Labute approximate surface area is 81.3 Å². The zero-order chi connectivity index (χ0) is 10.4. The molecule has 1 aromatic rings. The van der Waals surface area contributed by atoms with E-state index in [0.717, 1.165) is 0 Å². The molecule has 0 saturated heterocycles. The lowest BCUT2D eigenvalue weighted by atomic mass is 10.2. The Morgan fingerprint density at radius 1 is 1.64 bits per heavy atom. The summed E-state index contributed by atoms with van der Waals surface area (Å²) in [5, 5.41) is 2.54. The highest BCUT2D eigenvalue weighted by molar-refractivity contribution is 5.93.